The Morgan fingerprint density at radius 3 is 2.74 bits per heavy atom. The molecule has 0 N–H and O–H groups in total. The number of rotatable bonds is 2. The van der Waals surface area contributed by atoms with Gasteiger partial charge in [0.2, 0.25) is 6.79 Å². The molecule has 3 atom stereocenters. The van der Waals surface area contributed by atoms with Crippen molar-refractivity contribution in [1.29, 1.82) is 0 Å². The second-order valence-electron chi connectivity index (χ2n) is 8.03. The summed E-state index contributed by atoms with van der Waals surface area (Å²) in [6.07, 6.45) is 4.40. The van der Waals surface area contributed by atoms with Crippen molar-refractivity contribution in [1.82, 2.24) is 9.88 Å². The molecule has 7 rings (SSSR count). The molecule has 5 aliphatic rings. The summed E-state index contributed by atoms with van der Waals surface area (Å²) in [5.74, 6) is 3.80. The third-order valence-corrected chi connectivity index (χ3v) is 7.13. The maximum absolute atomic E-state index is 6.55. The number of aromatic nitrogens is 1. The van der Waals surface area contributed by atoms with Crippen LogP contribution in [0.1, 0.15) is 24.3 Å². The molecule has 4 saturated heterocycles. The molecule has 140 valence electrons. The lowest BCUT2D eigenvalue weighted by Gasteiger charge is -2.51. The summed E-state index contributed by atoms with van der Waals surface area (Å²) in [6, 6.07) is 11.3. The molecule has 0 radical (unpaired) electrons. The Hall–Kier alpha value is -1.98. The predicted molar refractivity (Wildman–Crippen MR) is 104 cm³/mol. The van der Waals surface area contributed by atoms with Gasteiger partial charge in [0.15, 0.2) is 11.5 Å². The van der Waals surface area contributed by atoms with E-state index >= 15 is 0 Å². The van der Waals surface area contributed by atoms with E-state index in [1.165, 1.54) is 31.5 Å². The summed E-state index contributed by atoms with van der Waals surface area (Å²) >= 11 is 6.55. The van der Waals surface area contributed by atoms with Crippen molar-refractivity contribution in [2.24, 2.45) is 5.92 Å². The van der Waals surface area contributed by atoms with Crippen molar-refractivity contribution >= 4 is 17.4 Å². The maximum atomic E-state index is 6.55. The van der Waals surface area contributed by atoms with E-state index in [1.54, 1.807) is 0 Å². The van der Waals surface area contributed by atoms with Crippen LogP contribution >= 0.6 is 11.6 Å². The highest BCUT2D eigenvalue weighted by Gasteiger charge is 2.54. The minimum absolute atomic E-state index is 0.319. The van der Waals surface area contributed by atoms with Crippen molar-refractivity contribution in [3.05, 3.63) is 47.1 Å². The summed E-state index contributed by atoms with van der Waals surface area (Å²) in [5, 5.41) is 0.749. The summed E-state index contributed by atoms with van der Waals surface area (Å²) in [7, 11) is 0. The number of ether oxygens (including phenoxy) is 2. The van der Waals surface area contributed by atoms with Crippen LogP contribution in [-0.4, -0.2) is 48.4 Å². The zero-order chi connectivity index (χ0) is 18.0. The number of hydrogen-bond acceptors (Lipinski definition) is 5. The van der Waals surface area contributed by atoms with Gasteiger partial charge in [-0.1, -0.05) is 17.7 Å². The molecular formula is C21H22ClN3O2. The van der Waals surface area contributed by atoms with Crippen molar-refractivity contribution in [2.75, 3.05) is 31.3 Å². The number of nitrogens with zero attached hydrogens (tertiary/aromatic N) is 3. The molecule has 27 heavy (non-hydrogen) atoms. The lowest BCUT2D eigenvalue weighted by Crippen LogP contribution is -2.60. The first-order valence-electron chi connectivity index (χ1n) is 9.80. The Morgan fingerprint density at radius 2 is 1.89 bits per heavy atom. The molecule has 0 aliphatic carbocycles. The van der Waals surface area contributed by atoms with Crippen molar-refractivity contribution in [2.45, 2.75) is 30.8 Å². The Labute approximate surface area is 163 Å². The van der Waals surface area contributed by atoms with Crippen molar-refractivity contribution < 1.29 is 9.47 Å². The van der Waals surface area contributed by atoms with Gasteiger partial charge < -0.3 is 14.4 Å². The second-order valence-corrected chi connectivity index (χ2v) is 8.44. The van der Waals surface area contributed by atoms with Gasteiger partial charge in [0.05, 0.1) is 5.02 Å². The van der Waals surface area contributed by atoms with Gasteiger partial charge in [-0.3, -0.25) is 4.90 Å². The van der Waals surface area contributed by atoms with E-state index in [9.17, 15) is 0 Å². The summed E-state index contributed by atoms with van der Waals surface area (Å²) < 4.78 is 11.2. The number of fused-ring (bicyclic) bond motifs is 3. The molecule has 6 heterocycles. The Morgan fingerprint density at radius 1 is 1.04 bits per heavy atom. The minimum Gasteiger partial charge on any atom is -0.454 e. The molecule has 1 aromatic carbocycles. The first-order valence-corrected chi connectivity index (χ1v) is 10.2. The zero-order valence-corrected chi connectivity index (χ0v) is 15.8. The molecule has 2 bridgehead atoms. The van der Waals surface area contributed by atoms with E-state index in [1.807, 2.05) is 18.3 Å². The SMILES string of the molecule is Clc1cccnc1N1C[C@@H](c2ccc3c(c2)OCO3)[C@@H]2[C@H]1C1CCN2CC1. The summed E-state index contributed by atoms with van der Waals surface area (Å²) in [5.41, 5.74) is 1.33. The molecule has 0 spiro atoms. The highest BCUT2D eigenvalue weighted by atomic mass is 35.5. The van der Waals surface area contributed by atoms with E-state index < -0.39 is 0 Å². The fraction of sp³-hybridized carbons (Fsp3) is 0.476. The fourth-order valence-electron chi connectivity index (χ4n) is 5.69. The van der Waals surface area contributed by atoms with Crippen LogP contribution in [-0.2, 0) is 0 Å². The van der Waals surface area contributed by atoms with E-state index in [0.29, 0.717) is 24.8 Å². The predicted octanol–water partition coefficient (Wildman–Crippen LogP) is 3.53. The van der Waals surface area contributed by atoms with Crippen molar-refractivity contribution in [3.8, 4) is 11.5 Å². The fourth-order valence-corrected chi connectivity index (χ4v) is 5.92. The zero-order valence-electron chi connectivity index (χ0n) is 15.1. The smallest absolute Gasteiger partial charge is 0.231 e. The monoisotopic (exact) mass is 383 g/mol. The largest absolute Gasteiger partial charge is 0.454 e. The maximum Gasteiger partial charge on any atom is 0.231 e. The Balaban J connectivity index is 1.43. The van der Waals surface area contributed by atoms with Gasteiger partial charge in [0.1, 0.15) is 5.82 Å². The number of halogens is 1. The van der Waals surface area contributed by atoms with Crippen LogP contribution in [0.5, 0.6) is 11.5 Å². The number of benzene rings is 1. The van der Waals surface area contributed by atoms with Gasteiger partial charge in [0, 0.05) is 30.7 Å². The van der Waals surface area contributed by atoms with E-state index in [0.717, 1.165) is 34.8 Å². The van der Waals surface area contributed by atoms with Gasteiger partial charge in [-0.25, -0.2) is 4.98 Å². The molecule has 1 aromatic heterocycles. The Bertz CT molecular complexity index is 883. The van der Waals surface area contributed by atoms with Crippen LogP contribution in [0.15, 0.2) is 36.5 Å². The molecule has 0 amide bonds. The molecule has 6 heteroatoms. The van der Waals surface area contributed by atoms with E-state index in [-0.39, 0.29) is 0 Å². The molecule has 4 fully saturated rings. The van der Waals surface area contributed by atoms with Gasteiger partial charge >= 0.3 is 0 Å². The van der Waals surface area contributed by atoms with Gasteiger partial charge in [-0.15, -0.1) is 0 Å². The van der Waals surface area contributed by atoms with Gasteiger partial charge in [0.25, 0.3) is 0 Å². The Kier molecular flexibility index (Phi) is 3.57. The minimum atomic E-state index is 0.319. The average molecular weight is 384 g/mol. The summed E-state index contributed by atoms with van der Waals surface area (Å²) in [6.45, 7) is 3.67. The van der Waals surface area contributed by atoms with Crippen LogP contribution in [0, 0.1) is 5.92 Å². The van der Waals surface area contributed by atoms with Gasteiger partial charge in [-0.05, 0) is 61.7 Å². The molecular weight excluding hydrogens is 362 g/mol. The van der Waals surface area contributed by atoms with Crippen LogP contribution < -0.4 is 14.4 Å². The number of hydrogen-bond donors (Lipinski definition) is 0. The second kappa shape index (κ2) is 6.01. The molecule has 0 unspecified atom stereocenters. The number of piperidine rings is 3. The third kappa shape index (κ3) is 2.38. The first kappa shape index (κ1) is 16.0. The van der Waals surface area contributed by atoms with Crippen LogP contribution in [0.4, 0.5) is 5.82 Å². The van der Waals surface area contributed by atoms with E-state index in [4.69, 9.17) is 21.1 Å². The van der Waals surface area contributed by atoms with Crippen LogP contribution in [0.2, 0.25) is 5.02 Å². The normalized spacial score (nSPS) is 33.4. The summed E-state index contributed by atoms with van der Waals surface area (Å²) in [4.78, 5) is 9.83. The standard InChI is InChI=1S/C21H22ClN3O2/c22-16-2-1-7-23-21(16)25-11-15(14-3-4-17-18(10-14)27-12-26-17)20-19(25)13-5-8-24(20)9-6-13/h1-4,7,10,13,15,19-20H,5-6,8-9,11-12H2/t15-,19+,20+/m0/s1. The highest BCUT2D eigenvalue weighted by molar-refractivity contribution is 6.32. The topological polar surface area (TPSA) is 37.8 Å². The van der Waals surface area contributed by atoms with E-state index in [2.05, 4.69) is 33.0 Å². The number of pyridine rings is 1. The molecule has 2 aromatic rings. The molecule has 5 aliphatic heterocycles. The lowest BCUT2D eigenvalue weighted by atomic mass is 9.75. The first-order chi connectivity index (χ1) is 13.3. The highest BCUT2D eigenvalue weighted by Crippen LogP contribution is 2.49. The molecule has 0 saturated carbocycles. The molecule has 5 nitrogen and oxygen atoms in total. The van der Waals surface area contributed by atoms with Crippen LogP contribution in [0.25, 0.3) is 0 Å². The van der Waals surface area contributed by atoms with Crippen LogP contribution in [0.3, 0.4) is 0 Å². The lowest BCUT2D eigenvalue weighted by molar-refractivity contribution is 0.0354. The number of anilines is 1. The van der Waals surface area contributed by atoms with Crippen molar-refractivity contribution in [3.63, 3.8) is 0 Å². The van der Waals surface area contributed by atoms with Gasteiger partial charge in [-0.2, -0.15) is 0 Å². The average Bonchev–Trinajstić information content (AvgIpc) is 3.34. The third-order valence-electron chi connectivity index (χ3n) is 6.83. The quantitative estimate of drug-likeness (QED) is 0.793.